The molecule has 0 aromatic heterocycles. The van der Waals surface area contributed by atoms with E-state index >= 15 is 0 Å². The highest BCUT2D eigenvalue weighted by molar-refractivity contribution is 5.85. The van der Waals surface area contributed by atoms with Gasteiger partial charge in [0.15, 0.2) is 0 Å². The van der Waals surface area contributed by atoms with E-state index in [0.717, 1.165) is 11.6 Å². The molecule has 2 N–H and O–H groups in total. The third-order valence-electron chi connectivity index (χ3n) is 5.73. The van der Waals surface area contributed by atoms with Crippen molar-refractivity contribution < 1.29 is 27.2 Å². The first kappa shape index (κ1) is 22.8. The van der Waals surface area contributed by atoms with Crippen molar-refractivity contribution >= 4 is 11.8 Å². The standard InChI is InChI=1S/C23H22F4N4O2/c24-17-7-5-15(6-8-17)19-13-20-22(33)30(11-12-31(20)29-19)10-9-21(32)28-14-16-3-1-2-4-18(16)23(25,26)27/h1-8,11-12,19-20,29H,9-10,13-14H2,(H,28,32). The number of hydrogen-bond donors (Lipinski definition) is 2. The lowest BCUT2D eigenvalue weighted by atomic mass is 10.0. The molecule has 2 atom stereocenters. The van der Waals surface area contributed by atoms with E-state index in [1.807, 2.05) is 0 Å². The van der Waals surface area contributed by atoms with Crippen LogP contribution in [0.1, 0.15) is 35.6 Å². The van der Waals surface area contributed by atoms with E-state index in [2.05, 4.69) is 10.7 Å². The van der Waals surface area contributed by atoms with Crippen LogP contribution < -0.4 is 10.7 Å². The number of fused-ring (bicyclic) bond motifs is 1. The average Bonchev–Trinajstić information content (AvgIpc) is 3.22. The molecule has 2 aromatic rings. The Morgan fingerprint density at radius 1 is 1.09 bits per heavy atom. The van der Waals surface area contributed by atoms with Crippen LogP contribution in [0.4, 0.5) is 17.6 Å². The van der Waals surface area contributed by atoms with Gasteiger partial charge in [0.05, 0.1) is 11.6 Å². The molecule has 174 valence electrons. The fourth-order valence-corrected chi connectivity index (χ4v) is 3.99. The topological polar surface area (TPSA) is 64.7 Å². The monoisotopic (exact) mass is 462 g/mol. The molecule has 10 heteroatoms. The normalized spacial score (nSPS) is 20.2. The van der Waals surface area contributed by atoms with Gasteiger partial charge in [-0.15, -0.1) is 0 Å². The predicted molar refractivity (Wildman–Crippen MR) is 111 cm³/mol. The van der Waals surface area contributed by atoms with Crippen LogP contribution in [0.2, 0.25) is 0 Å². The molecule has 0 radical (unpaired) electrons. The second kappa shape index (κ2) is 9.22. The van der Waals surface area contributed by atoms with Gasteiger partial charge in [-0.3, -0.25) is 9.59 Å². The number of halogens is 4. The molecule has 0 saturated carbocycles. The van der Waals surface area contributed by atoms with Crippen molar-refractivity contribution in [3.63, 3.8) is 0 Å². The van der Waals surface area contributed by atoms with E-state index in [-0.39, 0.29) is 42.8 Å². The Kier molecular flexibility index (Phi) is 6.37. The Morgan fingerprint density at radius 2 is 1.82 bits per heavy atom. The maximum Gasteiger partial charge on any atom is 0.416 e. The fraction of sp³-hybridized carbons (Fsp3) is 0.304. The Balaban J connectivity index is 1.30. The number of rotatable bonds is 6. The van der Waals surface area contributed by atoms with Crippen LogP contribution in [0.25, 0.3) is 0 Å². The minimum atomic E-state index is -4.50. The number of amides is 2. The lowest BCUT2D eigenvalue weighted by Gasteiger charge is -2.31. The van der Waals surface area contributed by atoms with Crippen LogP contribution in [0.5, 0.6) is 0 Å². The van der Waals surface area contributed by atoms with Crippen molar-refractivity contribution in [2.45, 2.75) is 37.6 Å². The lowest BCUT2D eigenvalue weighted by molar-refractivity contribution is -0.138. The van der Waals surface area contributed by atoms with Crippen molar-refractivity contribution in [2.24, 2.45) is 0 Å². The van der Waals surface area contributed by atoms with Gasteiger partial charge in [0, 0.05) is 31.9 Å². The second-order valence-corrected chi connectivity index (χ2v) is 7.90. The zero-order chi connectivity index (χ0) is 23.6. The number of benzene rings is 2. The van der Waals surface area contributed by atoms with Crippen molar-refractivity contribution in [2.75, 3.05) is 6.54 Å². The van der Waals surface area contributed by atoms with E-state index in [1.165, 1.54) is 35.2 Å². The first-order chi connectivity index (χ1) is 15.7. The smallest absolute Gasteiger partial charge is 0.352 e. The van der Waals surface area contributed by atoms with E-state index in [9.17, 15) is 27.2 Å². The summed E-state index contributed by atoms with van der Waals surface area (Å²) in [6.45, 7) is -0.147. The largest absolute Gasteiger partial charge is 0.416 e. The summed E-state index contributed by atoms with van der Waals surface area (Å²) in [5.74, 6) is -0.981. The van der Waals surface area contributed by atoms with Crippen LogP contribution in [0.3, 0.4) is 0 Å². The van der Waals surface area contributed by atoms with Crippen molar-refractivity contribution in [1.82, 2.24) is 20.7 Å². The summed E-state index contributed by atoms with van der Waals surface area (Å²) in [5.41, 5.74) is 3.25. The number of hydrogen-bond acceptors (Lipinski definition) is 4. The molecule has 1 saturated heterocycles. The zero-order valence-electron chi connectivity index (χ0n) is 17.5. The first-order valence-corrected chi connectivity index (χ1v) is 10.4. The van der Waals surface area contributed by atoms with Gasteiger partial charge in [-0.2, -0.15) is 13.2 Å². The van der Waals surface area contributed by atoms with Gasteiger partial charge in [-0.05, 0) is 35.7 Å². The van der Waals surface area contributed by atoms with Crippen LogP contribution in [-0.4, -0.2) is 34.3 Å². The maximum absolute atomic E-state index is 13.2. The molecule has 6 nitrogen and oxygen atoms in total. The van der Waals surface area contributed by atoms with Crippen LogP contribution in [0, 0.1) is 5.82 Å². The highest BCUT2D eigenvalue weighted by atomic mass is 19.4. The van der Waals surface area contributed by atoms with Gasteiger partial charge in [-0.1, -0.05) is 30.3 Å². The number of nitrogens with zero attached hydrogens (tertiary/aromatic N) is 2. The average molecular weight is 462 g/mol. The van der Waals surface area contributed by atoms with E-state index < -0.39 is 23.7 Å². The van der Waals surface area contributed by atoms with Gasteiger partial charge < -0.3 is 15.2 Å². The highest BCUT2D eigenvalue weighted by Gasteiger charge is 2.40. The van der Waals surface area contributed by atoms with Crippen LogP contribution in [-0.2, 0) is 22.3 Å². The Hall–Kier alpha value is -3.40. The Morgan fingerprint density at radius 3 is 2.55 bits per heavy atom. The molecule has 4 rings (SSSR count). The predicted octanol–water partition coefficient (Wildman–Crippen LogP) is 3.48. The molecular formula is C23H22F4N4O2. The third kappa shape index (κ3) is 5.16. The molecule has 0 bridgehead atoms. The molecular weight excluding hydrogens is 440 g/mol. The lowest BCUT2D eigenvalue weighted by Crippen LogP contribution is -2.48. The van der Waals surface area contributed by atoms with E-state index in [0.29, 0.717) is 6.42 Å². The zero-order valence-corrected chi connectivity index (χ0v) is 17.5. The summed E-state index contributed by atoms with van der Waals surface area (Å²) in [7, 11) is 0. The molecule has 0 spiro atoms. The Labute approximate surface area is 187 Å². The maximum atomic E-state index is 13.2. The Bertz CT molecular complexity index is 1060. The second-order valence-electron chi connectivity index (χ2n) is 7.90. The minimum absolute atomic E-state index is 0.0215. The number of nitrogens with one attached hydrogen (secondary N) is 2. The summed E-state index contributed by atoms with van der Waals surface area (Å²) in [6.07, 6.45) is -0.811. The number of alkyl halides is 3. The molecule has 2 aliphatic rings. The van der Waals surface area contributed by atoms with Gasteiger partial charge in [0.25, 0.3) is 5.91 Å². The van der Waals surface area contributed by atoms with Crippen molar-refractivity contribution in [3.05, 3.63) is 83.4 Å². The highest BCUT2D eigenvalue weighted by Crippen LogP contribution is 2.32. The number of carbonyl (C=O) groups excluding carboxylic acids is 2. The molecule has 1 fully saturated rings. The quantitative estimate of drug-likeness (QED) is 0.646. The molecule has 2 aliphatic heterocycles. The van der Waals surface area contributed by atoms with Gasteiger partial charge in [-0.25, -0.2) is 9.82 Å². The number of hydrazine groups is 1. The molecule has 2 unspecified atom stereocenters. The first-order valence-electron chi connectivity index (χ1n) is 10.4. The fourth-order valence-electron chi connectivity index (χ4n) is 3.99. The summed E-state index contributed by atoms with van der Waals surface area (Å²) in [6, 6.07) is 10.5. The summed E-state index contributed by atoms with van der Waals surface area (Å²) in [5, 5.41) is 4.19. The molecule has 2 heterocycles. The van der Waals surface area contributed by atoms with Crippen LogP contribution >= 0.6 is 0 Å². The SMILES string of the molecule is O=C(CCN1C=CN2NC(c3ccc(F)cc3)CC2C1=O)NCc1ccccc1C(F)(F)F. The van der Waals surface area contributed by atoms with Crippen molar-refractivity contribution in [1.29, 1.82) is 0 Å². The summed E-state index contributed by atoms with van der Waals surface area (Å²) >= 11 is 0. The molecule has 2 amide bonds. The van der Waals surface area contributed by atoms with Gasteiger partial charge >= 0.3 is 6.18 Å². The third-order valence-corrected chi connectivity index (χ3v) is 5.73. The van der Waals surface area contributed by atoms with E-state index in [1.54, 1.807) is 29.5 Å². The molecule has 0 aliphatic carbocycles. The molecule has 2 aromatic carbocycles. The minimum Gasteiger partial charge on any atom is -0.352 e. The molecule has 33 heavy (non-hydrogen) atoms. The number of carbonyl (C=O) groups is 2. The van der Waals surface area contributed by atoms with Gasteiger partial charge in [0.1, 0.15) is 11.9 Å². The van der Waals surface area contributed by atoms with Crippen LogP contribution in [0.15, 0.2) is 60.9 Å². The van der Waals surface area contributed by atoms with E-state index in [4.69, 9.17) is 0 Å². The summed E-state index contributed by atoms with van der Waals surface area (Å²) in [4.78, 5) is 26.5. The summed E-state index contributed by atoms with van der Waals surface area (Å²) < 4.78 is 52.4. The van der Waals surface area contributed by atoms with Crippen molar-refractivity contribution in [3.8, 4) is 0 Å². The van der Waals surface area contributed by atoms with Gasteiger partial charge in [0.2, 0.25) is 5.91 Å².